The van der Waals surface area contributed by atoms with Gasteiger partial charge in [0.2, 0.25) is 0 Å². The monoisotopic (exact) mass is 252 g/mol. The lowest BCUT2D eigenvalue weighted by atomic mass is 9.84. The molecule has 1 saturated heterocycles. The minimum absolute atomic E-state index is 0.382. The van der Waals surface area contributed by atoms with Crippen molar-refractivity contribution in [2.24, 2.45) is 5.92 Å². The van der Waals surface area contributed by atoms with Gasteiger partial charge in [-0.05, 0) is 32.1 Å². The number of nitrogens with zero attached hydrogens (tertiary/aromatic N) is 1. The van der Waals surface area contributed by atoms with E-state index in [9.17, 15) is 0 Å². The molecule has 2 aliphatic rings. The van der Waals surface area contributed by atoms with Gasteiger partial charge in [0, 0.05) is 30.7 Å². The van der Waals surface area contributed by atoms with Crippen LogP contribution in [0, 0.1) is 5.92 Å². The van der Waals surface area contributed by atoms with Crippen LogP contribution in [0.15, 0.2) is 0 Å². The molecular formula is C16H32N2. The summed E-state index contributed by atoms with van der Waals surface area (Å²) >= 11 is 0. The van der Waals surface area contributed by atoms with Gasteiger partial charge in [-0.3, -0.25) is 4.90 Å². The predicted molar refractivity (Wildman–Crippen MR) is 78.9 cm³/mol. The largest absolute Gasteiger partial charge is 0.311 e. The van der Waals surface area contributed by atoms with Gasteiger partial charge in [0.1, 0.15) is 0 Å². The summed E-state index contributed by atoms with van der Waals surface area (Å²) in [5.41, 5.74) is 0.382. The molecule has 2 atom stereocenters. The molecule has 2 fully saturated rings. The van der Waals surface area contributed by atoms with Gasteiger partial charge < -0.3 is 5.32 Å². The van der Waals surface area contributed by atoms with Crippen LogP contribution in [0.3, 0.4) is 0 Å². The van der Waals surface area contributed by atoms with E-state index in [0.29, 0.717) is 11.6 Å². The molecule has 1 N–H and O–H groups in total. The van der Waals surface area contributed by atoms with E-state index in [1.165, 1.54) is 51.6 Å². The highest BCUT2D eigenvalue weighted by atomic mass is 15.3. The van der Waals surface area contributed by atoms with Crippen molar-refractivity contribution >= 4 is 0 Å². The van der Waals surface area contributed by atoms with Gasteiger partial charge in [-0.2, -0.15) is 0 Å². The maximum Gasteiger partial charge on any atom is 0.0306 e. The summed E-state index contributed by atoms with van der Waals surface area (Å²) in [5, 5.41) is 3.79. The summed E-state index contributed by atoms with van der Waals surface area (Å²) in [5.74, 6) is 0.748. The lowest BCUT2D eigenvalue weighted by Crippen LogP contribution is -2.66. The molecule has 2 heteroatoms. The Labute approximate surface area is 114 Å². The Morgan fingerprint density at radius 1 is 1.22 bits per heavy atom. The Kier molecular flexibility index (Phi) is 4.71. The second kappa shape index (κ2) is 5.92. The molecule has 0 amide bonds. The predicted octanol–water partition coefficient (Wildman–Crippen LogP) is 3.42. The van der Waals surface area contributed by atoms with Gasteiger partial charge >= 0.3 is 0 Å². The Morgan fingerprint density at radius 2 is 1.89 bits per heavy atom. The van der Waals surface area contributed by atoms with Crippen molar-refractivity contribution in [2.45, 2.75) is 83.8 Å². The molecular weight excluding hydrogens is 220 g/mol. The quantitative estimate of drug-likeness (QED) is 0.828. The maximum atomic E-state index is 3.79. The Bertz CT molecular complexity index is 258. The van der Waals surface area contributed by atoms with Crippen molar-refractivity contribution in [3.63, 3.8) is 0 Å². The van der Waals surface area contributed by atoms with Crippen molar-refractivity contribution in [3.8, 4) is 0 Å². The average Bonchev–Trinajstić information content (AvgIpc) is 2.40. The third-order valence-electron chi connectivity index (χ3n) is 5.41. The van der Waals surface area contributed by atoms with E-state index in [1.807, 2.05) is 0 Å². The standard InChI is InChI=1S/C16H32N2/c1-5-16(4)12-17-15(13(2)3)11-18(16)14-9-7-6-8-10-14/h13-15,17H,5-12H2,1-4H3. The van der Waals surface area contributed by atoms with Gasteiger partial charge in [0.15, 0.2) is 0 Å². The molecule has 18 heavy (non-hydrogen) atoms. The van der Waals surface area contributed by atoms with E-state index in [4.69, 9.17) is 0 Å². The summed E-state index contributed by atoms with van der Waals surface area (Å²) in [6.07, 6.45) is 8.47. The highest BCUT2D eigenvalue weighted by Gasteiger charge is 2.40. The third-order valence-corrected chi connectivity index (χ3v) is 5.41. The minimum atomic E-state index is 0.382. The first-order chi connectivity index (χ1) is 8.57. The SMILES string of the molecule is CCC1(C)CNC(C(C)C)CN1C1CCCCC1. The van der Waals surface area contributed by atoms with Crippen molar-refractivity contribution in [2.75, 3.05) is 13.1 Å². The van der Waals surface area contributed by atoms with Gasteiger partial charge in [0.05, 0.1) is 0 Å². The van der Waals surface area contributed by atoms with Crippen LogP contribution in [0.5, 0.6) is 0 Å². The first-order valence-corrected chi connectivity index (χ1v) is 8.07. The van der Waals surface area contributed by atoms with Crippen LogP contribution in [0.25, 0.3) is 0 Å². The van der Waals surface area contributed by atoms with E-state index in [1.54, 1.807) is 0 Å². The van der Waals surface area contributed by atoms with Gasteiger partial charge in [-0.25, -0.2) is 0 Å². The maximum absolute atomic E-state index is 3.79. The van der Waals surface area contributed by atoms with Crippen molar-refractivity contribution < 1.29 is 0 Å². The lowest BCUT2D eigenvalue weighted by molar-refractivity contribution is -0.0101. The second-order valence-electron chi connectivity index (χ2n) is 7.03. The molecule has 0 aromatic rings. The van der Waals surface area contributed by atoms with Crippen molar-refractivity contribution in [3.05, 3.63) is 0 Å². The molecule has 0 aromatic heterocycles. The summed E-state index contributed by atoms with van der Waals surface area (Å²) in [4.78, 5) is 2.87. The number of nitrogens with one attached hydrogen (secondary N) is 1. The van der Waals surface area contributed by atoms with Crippen LogP contribution in [0.4, 0.5) is 0 Å². The Morgan fingerprint density at radius 3 is 2.44 bits per heavy atom. The van der Waals surface area contributed by atoms with Crippen LogP contribution in [0.1, 0.15) is 66.2 Å². The molecule has 0 radical (unpaired) electrons. The molecule has 106 valence electrons. The van der Waals surface area contributed by atoms with Crippen molar-refractivity contribution in [1.29, 1.82) is 0 Å². The topological polar surface area (TPSA) is 15.3 Å². The fourth-order valence-electron chi connectivity index (χ4n) is 3.71. The zero-order chi connectivity index (χ0) is 13.2. The van der Waals surface area contributed by atoms with E-state index >= 15 is 0 Å². The number of hydrogen-bond acceptors (Lipinski definition) is 2. The smallest absolute Gasteiger partial charge is 0.0306 e. The van der Waals surface area contributed by atoms with Crippen LogP contribution in [-0.2, 0) is 0 Å². The highest BCUT2D eigenvalue weighted by molar-refractivity contribution is 4.99. The second-order valence-corrected chi connectivity index (χ2v) is 7.03. The van der Waals surface area contributed by atoms with Gasteiger partial charge in [0.25, 0.3) is 0 Å². The molecule has 2 rings (SSSR count). The summed E-state index contributed by atoms with van der Waals surface area (Å²) in [6.45, 7) is 11.9. The molecule has 2 unspecified atom stereocenters. The number of hydrogen-bond donors (Lipinski definition) is 1. The van der Waals surface area contributed by atoms with E-state index in [2.05, 4.69) is 37.9 Å². The first kappa shape index (κ1) is 14.3. The lowest BCUT2D eigenvalue weighted by Gasteiger charge is -2.53. The fourth-order valence-corrected chi connectivity index (χ4v) is 3.71. The normalized spacial score (nSPS) is 36.2. The molecule has 1 aliphatic carbocycles. The van der Waals surface area contributed by atoms with Crippen LogP contribution < -0.4 is 5.32 Å². The first-order valence-electron chi connectivity index (χ1n) is 8.07. The van der Waals surface area contributed by atoms with Gasteiger partial charge in [-0.15, -0.1) is 0 Å². The number of rotatable bonds is 3. The fraction of sp³-hybridized carbons (Fsp3) is 1.00. The molecule has 1 heterocycles. The average molecular weight is 252 g/mol. The van der Waals surface area contributed by atoms with E-state index in [0.717, 1.165) is 12.0 Å². The Hall–Kier alpha value is -0.0800. The summed E-state index contributed by atoms with van der Waals surface area (Å²) in [6, 6.07) is 1.54. The van der Waals surface area contributed by atoms with Crippen LogP contribution in [-0.4, -0.2) is 35.6 Å². The van der Waals surface area contributed by atoms with Crippen molar-refractivity contribution in [1.82, 2.24) is 10.2 Å². The summed E-state index contributed by atoms with van der Waals surface area (Å²) in [7, 11) is 0. The van der Waals surface area contributed by atoms with E-state index in [-0.39, 0.29) is 0 Å². The van der Waals surface area contributed by atoms with Crippen LogP contribution >= 0.6 is 0 Å². The number of piperazine rings is 1. The molecule has 1 aliphatic heterocycles. The molecule has 1 saturated carbocycles. The minimum Gasteiger partial charge on any atom is -0.311 e. The van der Waals surface area contributed by atoms with Crippen LogP contribution in [0.2, 0.25) is 0 Å². The van der Waals surface area contributed by atoms with Gasteiger partial charge in [-0.1, -0.05) is 40.0 Å². The molecule has 0 bridgehead atoms. The Balaban J connectivity index is 2.09. The van der Waals surface area contributed by atoms with E-state index < -0.39 is 0 Å². The summed E-state index contributed by atoms with van der Waals surface area (Å²) < 4.78 is 0. The highest BCUT2D eigenvalue weighted by Crippen LogP contribution is 2.32. The zero-order valence-corrected chi connectivity index (χ0v) is 12.8. The third kappa shape index (κ3) is 2.91. The molecule has 0 spiro atoms. The zero-order valence-electron chi connectivity index (χ0n) is 12.8. The molecule has 0 aromatic carbocycles. The molecule has 2 nitrogen and oxygen atoms in total.